The molecule has 0 fully saturated rings. The van der Waals surface area contributed by atoms with E-state index in [0.717, 1.165) is 30.5 Å². The molecule has 2 heterocycles. The second kappa shape index (κ2) is 5.01. The first-order valence-electron chi connectivity index (χ1n) is 5.96. The van der Waals surface area contributed by atoms with Gasteiger partial charge in [-0.05, 0) is 0 Å². The number of aromatic nitrogens is 1. The summed E-state index contributed by atoms with van der Waals surface area (Å²) in [5, 5.41) is 0.885. The molecule has 3 aromatic rings. The summed E-state index contributed by atoms with van der Waals surface area (Å²) in [6.07, 6.45) is 3.54. The average Bonchev–Trinajstić information content (AvgIpc) is 3.00. The van der Waals surface area contributed by atoms with Gasteiger partial charge < -0.3 is 0 Å². The van der Waals surface area contributed by atoms with Crippen molar-refractivity contribution in [3.05, 3.63) is 58.8 Å². The molecular formula is C14H13NO2Se. The molecule has 0 amide bonds. The molecule has 0 radical (unpaired) electrons. The number of fused-ring (bicyclic) bond motifs is 1. The van der Waals surface area contributed by atoms with Crippen molar-refractivity contribution >= 4 is 24.4 Å². The molecule has 18 heavy (non-hydrogen) atoms. The molecule has 0 aliphatic heterocycles. The minimum absolute atomic E-state index is 0.150. The molecule has 92 valence electrons. The zero-order chi connectivity index (χ0) is 12.4. The van der Waals surface area contributed by atoms with Crippen molar-refractivity contribution in [3.63, 3.8) is 0 Å². The fraction of sp³-hybridized carbons (Fsp3) is 0.214. The van der Waals surface area contributed by atoms with Gasteiger partial charge in [0.05, 0.1) is 0 Å². The Morgan fingerprint density at radius 2 is 2.06 bits per heavy atom. The van der Waals surface area contributed by atoms with E-state index in [4.69, 9.17) is 4.42 Å². The maximum absolute atomic E-state index is 12.1. The van der Waals surface area contributed by atoms with E-state index >= 15 is 0 Å². The zero-order valence-corrected chi connectivity index (χ0v) is 11.5. The molecule has 4 heteroatoms. The number of hydrogen-bond acceptors (Lipinski definition) is 2. The number of rotatable bonds is 4. The van der Waals surface area contributed by atoms with Crippen molar-refractivity contribution in [3.8, 4) is 0 Å². The van der Waals surface area contributed by atoms with Crippen molar-refractivity contribution in [2.75, 3.05) is 0 Å². The summed E-state index contributed by atoms with van der Waals surface area (Å²) in [5.41, 5.74) is 0.185. The zero-order valence-electron chi connectivity index (χ0n) is 9.83. The molecular weight excluding hydrogens is 293 g/mol. The van der Waals surface area contributed by atoms with Crippen LogP contribution in [-0.2, 0) is 13.0 Å². The van der Waals surface area contributed by atoms with Gasteiger partial charge in [0.15, 0.2) is 0 Å². The Kier molecular flexibility index (Phi) is 3.22. The molecule has 1 aromatic carbocycles. The van der Waals surface area contributed by atoms with E-state index in [-0.39, 0.29) is 20.3 Å². The number of furan rings is 1. The fourth-order valence-electron chi connectivity index (χ4n) is 2.02. The van der Waals surface area contributed by atoms with Crippen LogP contribution in [0.4, 0.5) is 0 Å². The van der Waals surface area contributed by atoms with Crippen LogP contribution < -0.4 is 5.56 Å². The van der Waals surface area contributed by atoms with Gasteiger partial charge >= 0.3 is 111 Å². The third-order valence-corrected chi connectivity index (χ3v) is 5.27. The molecule has 0 unspecified atom stereocenters. The van der Waals surface area contributed by atoms with Crippen molar-refractivity contribution < 1.29 is 4.42 Å². The molecule has 0 N–H and O–H groups in total. The van der Waals surface area contributed by atoms with E-state index in [1.165, 1.54) is 4.26 Å². The van der Waals surface area contributed by atoms with Crippen molar-refractivity contribution in [1.29, 1.82) is 0 Å². The van der Waals surface area contributed by atoms with E-state index in [0.29, 0.717) is 0 Å². The Morgan fingerprint density at radius 3 is 2.83 bits per heavy atom. The van der Waals surface area contributed by atoms with Crippen molar-refractivity contribution in [1.82, 2.24) is 3.56 Å². The normalized spacial score (nSPS) is 11.1. The maximum atomic E-state index is 12.1. The van der Waals surface area contributed by atoms with Crippen LogP contribution in [0.2, 0.25) is 0 Å². The standard InChI is InChI=1S/C14H13NO2Se/c16-14-12-7-1-2-8-13(12)18-15(14)9-3-5-11-6-4-10-17-11/h1-2,4,6-8,10H,3,5,9H2. The average molecular weight is 306 g/mol. The first-order chi connectivity index (χ1) is 8.84. The van der Waals surface area contributed by atoms with E-state index in [2.05, 4.69) is 6.07 Å². The molecule has 0 atom stereocenters. The Bertz CT molecular complexity index is 694. The molecule has 3 rings (SSSR count). The predicted molar refractivity (Wildman–Crippen MR) is 72.2 cm³/mol. The molecule has 0 aliphatic rings. The van der Waals surface area contributed by atoms with E-state index in [1.807, 2.05) is 33.9 Å². The van der Waals surface area contributed by atoms with Crippen LogP contribution in [0.15, 0.2) is 51.9 Å². The summed E-state index contributed by atoms with van der Waals surface area (Å²) in [6, 6.07) is 11.8. The second-order valence-corrected chi connectivity index (χ2v) is 6.41. The van der Waals surface area contributed by atoms with Gasteiger partial charge in [0.1, 0.15) is 0 Å². The third kappa shape index (κ3) is 2.22. The van der Waals surface area contributed by atoms with E-state index in [9.17, 15) is 4.79 Å². The Morgan fingerprint density at radius 1 is 1.17 bits per heavy atom. The molecule has 0 spiro atoms. The summed E-state index contributed by atoms with van der Waals surface area (Å²) in [7, 11) is 0. The third-order valence-electron chi connectivity index (χ3n) is 2.92. The van der Waals surface area contributed by atoms with Gasteiger partial charge in [-0.3, -0.25) is 0 Å². The summed E-state index contributed by atoms with van der Waals surface area (Å²) < 4.78 is 8.46. The second-order valence-electron chi connectivity index (χ2n) is 4.18. The van der Waals surface area contributed by atoms with Gasteiger partial charge in [0.2, 0.25) is 0 Å². The minimum atomic E-state index is 0.150. The Hall–Kier alpha value is -1.51. The van der Waals surface area contributed by atoms with Crippen LogP contribution in [0.25, 0.3) is 9.65 Å². The van der Waals surface area contributed by atoms with Crippen LogP contribution in [0, 0.1) is 0 Å². The van der Waals surface area contributed by atoms with Gasteiger partial charge in [-0.2, -0.15) is 0 Å². The van der Waals surface area contributed by atoms with Crippen molar-refractivity contribution in [2.24, 2.45) is 0 Å². The van der Waals surface area contributed by atoms with Gasteiger partial charge in [0.25, 0.3) is 0 Å². The first kappa shape index (κ1) is 11.6. The van der Waals surface area contributed by atoms with Crippen LogP contribution in [0.5, 0.6) is 0 Å². The molecule has 0 aliphatic carbocycles. The topological polar surface area (TPSA) is 35.1 Å². The SMILES string of the molecule is O=c1c2ccccc2[se]n1CCCc1ccco1. The van der Waals surface area contributed by atoms with Gasteiger partial charge in [-0.25, -0.2) is 0 Å². The molecule has 2 aromatic heterocycles. The van der Waals surface area contributed by atoms with E-state index in [1.54, 1.807) is 6.26 Å². The number of hydrogen-bond donors (Lipinski definition) is 0. The van der Waals surface area contributed by atoms with Gasteiger partial charge in [-0.15, -0.1) is 0 Å². The van der Waals surface area contributed by atoms with Crippen molar-refractivity contribution in [2.45, 2.75) is 19.4 Å². The number of aryl methyl sites for hydroxylation is 2. The van der Waals surface area contributed by atoms with Crippen LogP contribution in [0.1, 0.15) is 12.2 Å². The first-order valence-corrected chi connectivity index (χ1v) is 7.58. The summed E-state index contributed by atoms with van der Waals surface area (Å²) in [5.74, 6) is 0.992. The number of benzene rings is 1. The predicted octanol–water partition coefficient (Wildman–Crippen LogP) is 2.28. The van der Waals surface area contributed by atoms with Gasteiger partial charge in [0, 0.05) is 0 Å². The summed E-state index contributed by atoms with van der Waals surface area (Å²) in [6.45, 7) is 0.814. The summed E-state index contributed by atoms with van der Waals surface area (Å²) in [4.78, 5) is 12.1. The fourth-order valence-corrected chi connectivity index (χ4v) is 4.18. The monoisotopic (exact) mass is 307 g/mol. The number of nitrogens with zero attached hydrogens (tertiary/aromatic N) is 1. The molecule has 0 saturated heterocycles. The van der Waals surface area contributed by atoms with E-state index < -0.39 is 0 Å². The quantitative estimate of drug-likeness (QED) is 0.693. The van der Waals surface area contributed by atoms with Crippen LogP contribution in [0.3, 0.4) is 0 Å². The Labute approximate surface area is 111 Å². The molecule has 0 saturated carbocycles. The summed E-state index contributed by atoms with van der Waals surface area (Å²) >= 11 is 0.150. The van der Waals surface area contributed by atoms with Crippen LogP contribution in [-0.4, -0.2) is 18.3 Å². The Balaban J connectivity index is 1.75. The molecule has 0 bridgehead atoms. The van der Waals surface area contributed by atoms with Gasteiger partial charge in [-0.1, -0.05) is 0 Å². The molecule has 3 nitrogen and oxygen atoms in total. The van der Waals surface area contributed by atoms with Crippen LogP contribution >= 0.6 is 0 Å².